The molecule has 1 fully saturated rings. The number of hydrogen-bond acceptors (Lipinski definition) is 8. The predicted molar refractivity (Wildman–Crippen MR) is 134 cm³/mol. The zero-order valence-corrected chi connectivity index (χ0v) is 20.7. The Bertz CT molecular complexity index is 1400. The Labute approximate surface area is 204 Å². The number of morpholine rings is 1. The number of ether oxygens (including phenoxy) is 2. The molecular weight excluding hydrogens is 470 g/mol. The molecule has 4 heterocycles. The van der Waals surface area contributed by atoms with Gasteiger partial charge in [-0.2, -0.15) is 0 Å². The van der Waals surface area contributed by atoms with Crippen LogP contribution >= 0.6 is 22.7 Å². The molecule has 0 unspecified atom stereocenters. The Balaban J connectivity index is 1.56. The van der Waals surface area contributed by atoms with Crippen LogP contribution in [-0.2, 0) is 14.3 Å². The fourth-order valence-electron chi connectivity index (χ4n) is 4.26. The van der Waals surface area contributed by atoms with Gasteiger partial charge in [-0.05, 0) is 49.1 Å². The van der Waals surface area contributed by atoms with Crippen LogP contribution in [0.2, 0.25) is 0 Å². The van der Waals surface area contributed by atoms with Gasteiger partial charge in [-0.3, -0.25) is 9.36 Å². The van der Waals surface area contributed by atoms with Crippen molar-refractivity contribution in [1.82, 2.24) is 4.57 Å². The molecule has 1 saturated heterocycles. The molecule has 0 saturated carbocycles. The number of allylic oxidation sites excluding steroid dienone is 1. The second-order valence-corrected chi connectivity index (χ2v) is 10.00. The Morgan fingerprint density at radius 1 is 1.24 bits per heavy atom. The fraction of sp³-hybridized carbons (Fsp3) is 0.320. The van der Waals surface area contributed by atoms with E-state index in [0.29, 0.717) is 20.6 Å². The first kappa shape index (κ1) is 22.8. The van der Waals surface area contributed by atoms with Crippen LogP contribution in [0.3, 0.4) is 0 Å². The molecule has 0 radical (unpaired) electrons. The standard InChI is InChI=1S/C25H25N3O4S2/c1-3-32-24(30)21-16(2)26-25-28(22(21)19-5-4-14-33-19)23(29)20(34-25)15-17-6-8-18(9-7-17)27-10-12-31-13-11-27/h4-9,14-15,22H,3,10-13H2,1-2H3/b20-15+/t22-/m0/s1. The first-order chi connectivity index (χ1) is 16.6. The number of esters is 1. The van der Waals surface area contributed by atoms with Gasteiger partial charge >= 0.3 is 5.97 Å². The van der Waals surface area contributed by atoms with E-state index in [9.17, 15) is 9.59 Å². The summed E-state index contributed by atoms with van der Waals surface area (Å²) in [5, 5.41) is 1.94. The number of aromatic nitrogens is 1. The molecule has 0 N–H and O–H groups in total. The van der Waals surface area contributed by atoms with Crippen molar-refractivity contribution >= 4 is 40.4 Å². The number of thiophene rings is 1. The van der Waals surface area contributed by atoms with Crippen LogP contribution in [0.25, 0.3) is 6.08 Å². The van der Waals surface area contributed by atoms with Gasteiger partial charge < -0.3 is 14.4 Å². The van der Waals surface area contributed by atoms with Gasteiger partial charge in [0.1, 0.15) is 6.04 Å². The number of nitrogens with zero attached hydrogens (tertiary/aromatic N) is 3. The Kier molecular flexibility index (Phi) is 6.49. The molecule has 2 aliphatic heterocycles. The van der Waals surface area contributed by atoms with Crippen molar-refractivity contribution in [3.8, 4) is 0 Å². The van der Waals surface area contributed by atoms with Crippen LogP contribution in [-0.4, -0.2) is 43.4 Å². The molecule has 1 atom stereocenters. The predicted octanol–water partition coefficient (Wildman–Crippen LogP) is 2.70. The molecule has 2 aromatic heterocycles. The number of thiazole rings is 1. The van der Waals surface area contributed by atoms with Gasteiger partial charge in [0.05, 0.1) is 35.6 Å². The summed E-state index contributed by atoms with van der Waals surface area (Å²) in [4.78, 5) is 34.8. The number of hydrogen-bond donors (Lipinski definition) is 0. The lowest BCUT2D eigenvalue weighted by Crippen LogP contribution is -2.39. The molecule has 0 aliphatic carbocycles. The van der Waals surface area contributed by atoms with Crippen molar-refractivity contribution in [3.63, 3.8) is 0 Å². The van der Waals surface area contributed by atoms with Crippen LogP contribution in [0.15, 0.2) is 62.8 Å². The van der Waals surface area contributed by atoms with Crippen molar-refractivity contribution < 1.29 is 14.3 Å². The number of rotatable bonds is 5. The summed E-state index contributed by atoms with van der Waals surface area (Å²) in [6.07, 6.45) is 1.89. The van der Waals surface area contributed by atoms with E-state index in [1.807, 2.05) is 35.7 Å². The van der Waals surface area contributed by atoms with Crippen LogP contribution in [0.5, 0.6) is 0 Å². The average Bonchev–Trinajstić information content (AvgIpc) is 3.48. The molecule has 3 aromatic rings. The lowest BCUT2D eigenvalue weighted by Gasteiger charge is -2.28. The van der Waals surface area contributed by atoms with Crippen molar-refractivity contribution in [1.29, 1.82) is 0 Å². The molecule has 5 rings (SSSR count). The van der Waals surface area contributed by atoms with Crippen molar-refractivity contribution in [2.45, 2.75) is 19.9 Å². The number of carbonyl (C=O) groups excluding carboxylic acids is 1. The van der Waals surface area contributed by atoms with Gasteiger partial charge in [0.2, 0.25) is 0 Å². The van der Waals surface area contributed by atoms with Crippen LogP contribution in [0.4, 0.5) is 5.69 Å². The van der Waals surface area contributed by atoms with Crippen LogP contribution in [0, 0.1) is 0 Å². The van der Waals surface area contributed by atoms with Crippen LogP contribution in [0.1, 0.15) is 30.3 Å². The second-order valence-electron chi connectivity index (χ2n) is 8.01. The number of anilines is 1. The minimum absolute atomic E-state index is 0.159. The monoisotopic (exact) mass is 495 g/mol. The Morgan fingerprint density at radius 3 is 2.68 bits per heavy atom. The van der Waals surface area contributed by atoms with Gasteiger partial charge in [0.15, 0.2) is 4.80 Å². The highest BCUT2D eigenvalue weighted by Crippen LogP contribution is 2.33. The SMILES string of the molecule is CCOC(=O)C1=C(C)N=c2s/c(=C/c3ccc(N4CCOCC4)cc3)c(=O)n2[C@H]1c1cccs1. The highest BCUT2D eigenvalue weighted by molar-refractivity contribution is 7.10. The Hall–Kier alpha value is -3.01. The van der Waals surface area contributed by atoms with Crippen molar-refractivity contribution in [2.24, 2.45) is 4.99 Å². The normalized spacial score (nSPS) is 18.6. The highest BCUT2D eigenvalue weighted by Gasteiger charge is 2.33. The third-order valence-electron chi connectivity index (χ3n) is 5.90. The van der Waals surface area contributed by atoms with E-state index < -0.39 is 12.0 Å². The fourth-order valence-corrected chi connectivity index (χ4v) is 6.13. The molecular formula is C25H25N3O4S2. The highest BCUT2D eigenvalue weighted by atomic mass is 32.1. The average molecular weight is 496 g/mol. The topological polar surface area (TPSA) is 73.1 Å². The van der Waals surface area contributed by atoms with E-state index in [1.54, 1.807) is 18.4 Å². The number of carbonyl (C=O) groups is 1. The smallest absolute Gasteiger partial charge is 0.338 e. The number of fused-ring (bicyclic) bond motifs is 1. The van der Waals surface area contributed by atoms with Gasteiger partial charge in [0, 0.05) is 23.7 Å². The molecule has 9 heteroatoms. The largest absolute Gasteiger partial charge is 0.463 e. The van der Waals surface area contributed by atoms with E-state index in [4.69, 9.17) is 9.47 Å². The quantitative estimate of drug-likeness (QED) is 0.509. The van der Waals surface area contributed by atoms with Gasteiger partial charge in [0.25, 0.3) is 5.56 Å². The maximum absolute atomic E-state index is 13.6. The lowest BCUT2D eigenvalue weighted by molar-refractivity contribution is -0.139. The molecule has 176 valence electrons. The van der Waals surface area contributed by atoms with E-state index in [0.717, 1.165) is 42.4 Å². The van der Waals surface area contributed by atoms with Crippen LogP contribution < -0.4 is 19.8 Å². The first-order valence-corrected chi connectivity index (χ1v) is 12.9. The van der Waals surface area contributed by atoms with Crippen molar-refractivity contribution in [3.05, 3.63) is 83.2 Å². The molecule has 2 aliphatic rings. The Morgan fingerprint density at radius 2 is 2.00 bits per heavy atom. The van der Waals surface area contributed by atoms with Gasteiger partial charge in [-0.1, -0.05) is 29.5 Å². The zero-order valence-electron chi connectivity index (χ0n) is 19.0. The summed E-state index contributed by atoms with van der Waals surface area (Å²) in [6, 6.07) is 11.5. The minimum Gasteiger partial charge on any atom is -0.463 e. The minimum atomic E-state index is -0.541. The molecule has 0 amide bonds. The van der Waals surface area contributed by atoms with E-state index in [2.05, 4.69) is 22.0 Å². The number of benzene rings is 1. The third-order valence-corrected chi connectivity index (χ3v) is 7.80. The summed E-state index contributed by atoms with van der Waals surface area (Å²) >= 11 is 2.85. The molecule has 1 aromatic carbocycles. The molecule has 0 spiro atoms. The molecule has 0 bridgehead atoms. The molecule has 34 heavy (non-hydrogen) atoms. The van der Waals surface area contributed by atoms with Gasteiger partial charge in [-0.15, -0.1) is 11.3 Å². The second kappa shape index (κ2) is 9.69. The summed E-state index contributed by atoms with van der Waals surface area (Å²) < 4.78 is 13.0. The summed E-state index contributed by atoms with van der Waals surface area (Å²) in [7, 11) is 0. The molecule has 7 nitrogen and oxygen atoms in total. The van der Waals surface area contributed by atoms with E-state index in [-0.39, 0.29) is 12.2 Å². The maximum Gasteiger partial charge on any atom is 0.338 e. The summed E-state index contributed by atoms with van der Waals surface area (Å²) in [6.45, 7) is 7.06. The first-order valence-electron chi connectivity index (χ1n) is 11.2. The van der Waals surface area contributed by atoms with E-state index in [1.165, 1.54) is 22.7 Å². The van der Waals surface area contributed by atoms with Crippen molar-refractivity contribution in [2.75, 3.05) is 37.8 Å². The zero-order chi connectivity index (χ0) is 23.7. The lowest BCUT2D eigenvalue weighted by atomic mass is 10.0. The third kappa shape index (κ3) is 4.26. The van der Waals surface area contributed by atoms with E-state index >= 15 is 0 Å². The van der Waals surface area contributed by atoms with Gasteiger partial charge in [-0.25, -0.2) is 9.79 Å². The summed E-state index contributed by atoms with van der Waals surface area (Å²) in [5.74, 6) is -0.435. The maximum atomic E-state index is 13.6. The summed E-state index contributed by atoms with van der Waals surface area (Å²) in [5.41, 5.74) is 2.93.